The van der Waals surface area contributed by atoms with E-state index >= 15 is 0 Å². The molecule has 1 rings (SSSR count). The normalized spacial score (nSPS) is 29.3. The first-order valence-electron chi connectivity index (χ1n) is 4.71. The third-order valence-electron chi connectivity index (χ3n) is 2.79. The van der Waals surface area contributed by atoms with Gasteiger partial charge in [-0.05, 0) is 0 Å². The van der Waals surface area contributed by atoms with Gasteiger partial charge in [-0.2, -0.15) is 0 Å². The van der Waals surface area contributed by atoms with Gasteiger partial charge in [0.15, 0.2) is 0 Å². The molecule has 0 bridgehead atoms. The molecule has 16 heavy (non-hydrogen) atoms. The van der Waals surface area contributed by atoms with Crippen molar-refractivity contribution in [3.05, 3.63) is 0 Å². The van der Waals surface area contributed by atoms with Crippen LogP contribution in [0, 0.1) is 17.8 Å². The van der Waals surface area contributed by atoms with Crippen molar-refractivity contribution < 1.29 is 24.6 Å². The van der Waals surface area contributed by atoms with E-state index in [-0.39, 0.29) is 0 Å². The molecule has 1 aliphatic carbocycles. The number of nitrogens with zero attached hydrogens (tertiary/aromatic N) is 1. The summed E-state index contributed by atoms with van der Waals surface area (Å²) in [6, 6.07) is -1.31. The molecule has 1 fully saturated rings. The summed E-state index contributed by atoms with van der Waals surface area (Å²) in [4.78, 5) is 34.3. The lowest BCUT2D eigenvalue weighted by molar-refractivity contribution is -0.141. The van der Waals surface area contributed by atoms with Crippen molar-refractivity contribution in [1.82, 2.24) is 4.90 Å². The monoisotopic (exact) mass is 230 g/mol. The van der Waals surface area contributed by atoms with Crippen LogP contribution < -0.4 is 5.73 Å². The van der Waals surface area contributed by atoms with E-state index in [1.165, 1.54) is 19.0 Å². The van der Waals surface area contributed by atoms with Crippen LogP contribution in [-0.2, 0) is 14.4 Å². The number of hydrogen-bond acceptors (Lipinski definition) is 4. The summed E-state index contributed by atoms with van der Waals surface area (Å²) in [6.07, 6.45) is 0. The van der Waals surface area contributed by atoms with Crippen LogP contribution in [-0.4, -0.2) is 53.1 Å². The second kappa shape index (κ2) is 4.09. The van der Waals surface area contributed by atoms with Gasteiger partial charge < -0.3 is 20.8 Å². The van der Waals surface area contributed by atoms with Gasteiger partial charge in [0.25, 0.3) is 0 Å². The fraction of sp³-hybridized carbons (Fsp3) is 0.667. The average Bonchev–Trinajstić information content (AvgIpc) is 2.89. The lowest BCUT2D eigenvalue weighted by Crippen LogP contribution is -2.35. The Morgan fingerprint density at radius 1 is 1.19 bits per heavy atom. The smallest absolute Gasteiger partial charge is 0.320 e. The van der Waals surface area contributed by atoms with Gasteiger partial charge >= 0.3 is 11.9 Å². The van der Waals surface area contributed by atoms with Crippen molar-refractivity contribution in [3.8, 4) is 0 Å². The summed E-state index contributed by atoms with van der Waals surface area (Å²) in [5, 5.41) is 17.5. The standard InChI is InChI=1S/C9H14N2O5/c1-11(2)7(12)4-3(5(4)8(13)14)6(10)9(15)16/h3-6H,10H2,1-2H3,(H,13,14)(H,15,16)/t3-,4+,5+,6-/m0/s1. The SMILES string of the molecule is CN(C)C(=O)[C@H]1[C@H](C(=O)O)[C@H]1[C@H](N)C(=O)O. The second-order valence-electron chi connectivity index (χ2n) is 4.06. The number of nitrogens with two attached hydrogens (primary N) is 1. The van der Waals surface area contributed by atoms with E-state index in [1.807, 2.05) is 0 Å². The van der Waals surface area contributed by atoms with Crippen LogP contribution in [0.1, 0.15) is 0 Å². The molecule has 7 heteroatoms. The summed E-state index contributed by atoms with van der Waals surface area (Å²) in [5.41, 5.74) is 5.34. The number of amides is 1. The number of carboxylic acid groups (broad SMARTS) is 2. The second-order valence-corrected chi connectivity index (χ2v) is 4.06. The fourth-order valence-corrected chi connectivity index (χ4v) is 1.88. The quantitative estimate of drug-likeness (QED) is 0.536. The van der Waals surface area contributed by atoms with Gasteiger partial charge in [-0.3, -0.25) is 14.4 Å². The molecule has 1 amide bonds. The molecule has 0 aliphatic heterocycles. The Labute approximate surface area is 91.8 Å². The van der Waals surface area contributed by atoms with Gasteiger partial charge in [-0.25, -0.2) is 0 Å². The highest BCUT2D eigenvalue weighted by Crippen LogP contribution is 2.49. The molecule has 0 spiro atoms. The summed E-state index contributed by atoms with van der Waals surface area (Å²) >= 11 is 0. The first kappa shape index (κ1) is 12.4. The van der Waals surface area contributed by atoms with E-state index in [4.69, 9.17) is 15.9 Å². The highest BCUT2D eigenvalue weighted by Gasteiger charge is 2.63. The van der Waals surface area contributed by atoms with Crippen molar-refractivity contribution in [2.24, 2.45) is 23.5 Å². The first-order chi connectivity index (χ1) is 7.29. The van der Waals surface area contributed by atoms with Crippen LogP contribution in [0.15, 0.2) is 0 Å². The first-order valence-corrected chi connectivity index (χ1v) is 4.71. The van der Waals surface area contributed by atoms with Crippen LogP contribution in [0.5, 0.6) is 0 Å². The molecule has 0 heterocycles. The van der Waals surface area contributed by atoms with E-state index in [2.05, 4.69) is 0 Å². The molecule has 0 aromatic heterocycles. The van der Waals surface area contributed by atoms with E-state index in [0.717, 1.165) is 0 Å². The molecule has 0 aromatic rings. The zero-order valence-electron chi connectivity index (χ0n) is 8.95. The summed E-state index contributed by atoms with van der Waals surface area (Å²) < 4.78 is 0. The van der Waals surface area contributed by atoms with Crippen LogP contribution in [0.4, 0.5) is 0 Å². The summed E-state index contributed by atoms with van der Waals surface area (Å²) in [6.45, 7) is 0. The molecule has 0 aromatic carbocycles. The van der Waals surface area contributed by atoms with E-state index < -0.39 is 41.6 Å². The van der Waals surface area contributed by atoms with Gasteiger partial charge in [0, 0.05) is 20.0 Å². The van der Waals surface area contributed by atoms with Crippen LogP contribution in [0.2, 0.25) is 0 Å². The van der Waals surface area contributed by atoms with Gasteiger partial charge in [0.05, 0.1) is 11.8 Å². The van der Waals surface area contributed by atoms with E-state index in [9.17, 15) is 14.4 Å². The Morgan fingerprint density at radius 3 is 2.00 bits per heavy atom. The maximum Gasteiger partial charge on any atom is 0.320 e. The summed E-state index contributed by atoms with van der Waals surface area (Å²) in [7, 11) is 2.98. The molecule has 0 radical (unpaired) electrons. The largest absolute Gasteiger partial charge is 0.481 e. The number of aliphatic carboxylic acids is 2. The molecule has 4 atom stereocenters. The number of carbonyl (C=O) groups is 3. The Hall–Kier alpha value is -1.63. The Morgan fingerprint density at radius 2 is 1.69 bits per heavy atom. The minimum Gasteiger partial charge on any atom is -0.481 e. The molecule has 0 unspecified atom stereocenters. The molecule has 0 saturated heterocycles. The maximum absolute atomic E-state index is 11.6. The predicted octanol–water partition coefficient (Wildman–Crippen LogP) is -1.57. The van der Waals surface area contributed by atoms with Crippen molar-refractivity contribution >= 4 is 17.8 Å². The molecule has 4 N–H and O–H groups in total. The molecule has 90 valence electrons. The Balaban J connectivity index is 2.83. The van der Waals surface area contributed by atoms with Gasteiger partial charge in [0.2, 0.25) is 5.91 Å². The van der Waals surface area contributed by atoms with E-state index in [0.29, 0.717) is 0 Å². The topological polar surface area (TPSA) is 121 Å². The molecular weight excluding hydrogens is 216 g/mol. The van der Waals surface area contributed by atoms with Gasteiger partial charge in [-0.15, -0.1) is 0 Å². The van der Waals surface area contributed by atoms with Gasteiger partial charge in [0.1, 0.15) is 6.04 Å². The van der Waals surface area contributed by atoms with Crippen molar-refractivity contribution in [2.75, 3.05) is 14.1 Å². The zero-order valence-corrected chi connectivity index (χ0v) is 8.95. The molecule has 1 aliphatic rings. The maximum atomic E-state index is 11.6. The molecular formula is C9H14N2O5. The summed E-state index contributed by atoms with van der Waals surface area (Å²) in [5.74, 6) is -5.48. The average molecular weight is 230 g/mol. The lowest BCUT2D eigenvalue weighted by atomic mass is 10.1. The minimum atomic E-state index is -1.31. The number of carbonyl (C=O) groups excluding carboxylic acids is 1. The minimum absolute atomic E-state index is 0.394. The van der Waals surface area contributed by atoms with E-state index in [1.54, 1.807) is 0 Å². The number of hydrogen-bond donors (Lipinski definition) is 3. The highest BCUT2D eigenvalue weighted by molar-refractivity contribution is 5.92. The molecule has 7 nitrogen and oxygen atoms in total. The Kier molecular flexibility index (Phi) is 3.18. The highest BCUT2D eigenvalue weighted by atomic mass is 16.4. The fourth-order valence-electron chi connectivity index (χ4n) is 1.88. The van der Waals surface area contributed by atoms with Crippen LogP contribution in [0.3, 0.4) is 0 Å². The van der Waals surface area contributed by atoms with Crippen molar-refractivity contribution in [1.29, 1.82) is 0 Å². The number of rotatable bonds is 4. The number of carboxylic acids is 2. The van der Waals surface area contributed by atoms with Crippen molar-refractivity contribution in [3.63, 3.8) is 0 Å². The zero-order chi connectivity index (χ0) is 12.6. The van der Waals surface area contributed by atoms with Crippen molar-refractivity contribution in [2.45, 2.75) is 6.04 Å². The lowest BCUT2D eigenvalue weighted by Gasteiger charge is -2.10. The Bertz CT molecular complexity index is 341. The van der Waals surface area contributed by atoms with Crippen LogP contribution in [0.25, 0.3) is 0 Å². The van der Waals surface area contributed by atoms with Crippen LogP contribution >= 0.6 is 0 Å². The predicted molar refractivity (Wildman–Crippen MR) is 52.4 cm³/mol. The molecule has 1 saturated carbocycles. The van der Waals surface area contributed by atoms with Gasteiger partial charge in [-0.1, -0.05) is 0 Å². The third-order valence-corrected chi connectivity index (χ3v) is 2.79. The third kappa shape index (κ3) is 1.99.